The highest BCUT2D eigenvalue weighted by Crippen LogP contribution is 2.38. The number of benzene rings is 1. The van der Waals surface area contributed by atoms with E-state index in [4.69, 9.17) is 0 Å². The van der Waals surface area contributed by atoms with Crippen LogP contribution in [0.25, 0.3) is 0 Å². The Morgan fingerprint density at radius 3 is 2.39 bits per heavy atom. The highest BCUT2D eigenvalue weighted by Gasteiger charge is 2.40. The van der Waals surface area contributed by atoms with E-state index in [1.807, 2.05) is 11.4 Å². The van der Waals surface area contributed by atoms with E-state index in [9.17, 15) is 15.0 Å². The summed E-state index contributed by atoms with van der Waals surface area (Å²) in [5.41, 5.74) is -0.815. The van der Waals surface area contributed by atoms with Gasteiger partial charge in [-0.1, -0.05) is 36.4 Å². The topological polar surface area (TPSA) is 57.5 Å². The van der Waals surface area contributed by atoms with Crippen LogP contribution in [-0.2, 0) is 10.4 Å². The molecule has 2 aromatic rings. The molecule has 18 heavy (non-hydrogen) atoms. The number of rotatable bonds is 4. The first kappa shape index (κ1) is 12.8. The zero-order valence-electron chi connectivity index (χ0n) is 9.91. The maximum atomic E-state index is 11.5. The van der Waals surface area contributed by atoms with Gasteiger partial charge in [-0.3, -0.25) is 4.79 Å². The smallest absolute Gasteiger partial charge is 0.314 e. The Morgan fingerprint density at radius 1 is 1.22 bits per heavy atom. The molecule has 0 aliphatic heterocycles. The molecule has 0 spiro atoms. The molecule has 4 heteroatoms. The summed E-state index contributed by atoms with van der Waals surface area (Å²) in [6.07, 6.45) is 0. The summed E-state index contributed by atoms with van der Waals surface area (Å²) in [6, 6.07) is 12.4. The Balaban J connectivity index is 2.46. The maximum Gasteiger partial charge on any atom is 0.314 e. The lowest BCUT2D eigenvalue weighted by Gasteiger charge is -2.29. The van der Waals surface area contributed by atoms with Crippen LogP contribution in [-0.4, -0.2) is 16.2 Å². The van der Waals surface area contributed by atoms with Crippen molar-refractivity contribution in [2.24, 2.45) is 0 Å². The first-order chi connectivity index (χ1) is 8.53. The Morgan fingerprint density at radius 2 is 1.89 bits per heavy atom. The Kier molecular flexibility index (Phi) is 3.50. The van der Waals surface area contributed by atoms with Gasteiger partial charge in [0, 0.05) is 4.88 Å². The van der Waals surface area contributed by atoms with Gasteiger partial charge >= 0.3 is 5.97 Å². The third-order valence-electron chi connectivity index (χ3n) is 2.96. The monoisotopic (exact) mass is 262 g/mol. The standard InChI is InChI=1S/C14H14O3S/c1-14(17,11-8-5-9-18-11)12(13(15)16)10-6-3-2-4-7-10/h2-9,12,17H,1H3,(H,15,16)/t12-,14-/m0/s1. The molecule has 0 aliphatic rings. The zero-order chi connectivity index (χ0) is 13.2. The van der Waals surface area contributed by atoms with Crippen LogP contribution in [0.15, 0.2) is 47.8 Å². The molecular weight excluding hydrogens is 248 g/mol. The number of hydrogen-bond acceptors (Lipinski definition) is 3. The van der Waals surface area contributed by atoms with Gasteiger partial charge in [0.25, 0.3) is 0 Å². The number of carboxylic acid groups (broad SMARTS) is 1. The van der Waals surface area contributed by atoms with E-state index in [1.165, 1.54) is 11.3 Å². The number of thiophene rings is 1. The quantitative estimate of drug-likeness (QED) is 0.890. The van der Waals surface area contributed by atoms with Crippen LogP contribution in [0.5, 0.6) is 0 Å². The molecule has 2 rings (SSSR count). The lowest BCUT2D eigenvalue weighted by molar-refractivity contribution is -0.145. The van der Waals surface area contributed by atoms with Gasteiger partial charge < -0.3 is 10.2 Å². The second-order valence-corrected chi connectivity index (χ2v) is 5.25. The molecular formula is C14H14O3S. The van der Waals surface area contributed by atoms with Crippen molar-refractivity contribution in [1.82, 2.24) is 0 Å². The molecule has 0 fully saturated rings. The van der Waals surface area contributed by atoms with Crippen molar-refractivity contribution in [2.45, 2.75) is 18.4 Å². The fraction of sp³-hybridized carbons (Fsp3) is 0.214. The van der Waals surface area contributed by atoms with E-state index in [0.717, 1.165) is 0 Å². The Labute approximate surface area is 109 Å². The third kappa shape index (κ3) is 2.30. The van der Waals surface area contributed by atoms with Crippen molar-refractivity contribution in [3.63, 3.8) is 0 Å². The molecule has 0 aliphatic carbocycles. The molecule has 94 valence electrons. The lowest BCUT2D eigenvalue weighted by Crippen LogP contribution is -2.34. The van der Waals surface area contributed by atoms with Gasteiger partial charge in [-0.15, -0.1) is 11.3 Å². The second-order valence-electron chi connectivity index (χ2n) is 4.31. The molecule has 0 unspecified atom stereocenters. The number of aliphatic hydroxyl groups is 1. The molecule has 1 heterocycles. The van der Waals surface area contributed by atoms with Gasteiger partial charge in [0.15, 0.2) is 0 Å². The molecule has 0 amide bonds. The summed E-state index contributed by atoms with van der Waals surface area (Å²) in [5.74, 6) is -2.00. The van der Waals surface area contributed by atoms with Gasteiger partial charge in [0.1, 0.15) is 11.5 Å². The summed E-state index contributed by atoms with van der Waals surface area (Å²) in [4.78, 5) is 12.1. The molecule has 0 radical (unpaired) electrons. The van der Waals surface area contributed by atoms with Crippen LogP contribution in [0.4, 0.5) is 0 Å². The predicted octanol–water partition coefficient (Wildman–Crippen LogP) is 2.82. The highest BCUT2D eigenvalue weighted by atomic mass is 32.1. The van der Waals surface area contributed by atoms with Gasteiger partial charge in [-0.2, -0.15) is 0 Å². The van der Waals surface area contributed by atoms with E-state index in [2.05, 4.69) is 0 Å². The van der Waals surface area contributed by atoms with Crippen molar-refractivity contribution < 1.29 is 15.0 Å². The van der Waals surface area contributed by atoms with E-state index >= 15 is 0 Å². The normalized spacial score (nSPS) is 15.9. The molecule has 0 saturated heterocycles. The fourth-order valence-electron chi connectivity index (χ4n) is 2.06. The van der Waals surface area contributed by atoms with E-state index in [-0.39, 0.29) is 0 Å². The van der Waals surface area contributed by atoms with Crippen LogP contribution >= 0.6 is 11.3 Å². The minimum absolute atomic E-state index is 0.600. The van der Waals surface area contributed by atoms with E-state index in [1.54, 1.807) is 43.3 Å². The minimum atomic E-state index is -1.42. The molecule has 0 bridgehead atoms. The molecule has 3 nitrogen and oxygen atoms in total. The molecule has 1 aromatic carbocycles. The van der Waals surface area contributed by atoms with Crippen molar-refractivity contribution in [1.29, 1.82) is 0 Å². The fourth-order valence-corrected chi connectivity index (χ4v) is 2.88. The Hall–Kier alpha value is -1.65. The first-order valence-corrected chi connectivity index (χ1v) is 6.45. The van der Waals surface area contributed by atoms with Crippen LogP contribution in [0.2, 0.25) is 0 Å². The van der Waals surface area contributed by atoms with Gasteiger partial charge in [-0.05, 0) is 23.9 Å². The van der Waals surface area contributed by atoms with E-state index in [0.29, 0.717) is 10.4 Å². The minimum Gasteiger partial charge on any atom is -0.481 e. The van der Waals surface area contributed by atoms with Crippen LogP contribution in [0, 0.1) is 0 Å². The summed E-state index contributed by atoms with van der Waals surface area (Å²) in [5, 5.41) is 21.8. The van der Waals surface area contributed by atoms with Gasteiger partial charge in [0.05, 0.1) is 0 Å². The highest BCUT2D eigenvalue weighted by molar-refractivity contribution is 7.10. The average molecular weight is 262 g/mol. The number of carbonyl (C=O) groups is 1. The third-order valence-corrected chi connectivity index (χ3v) is 4.06. The lowest BCUT2D eigenvalue weighted by atomic mass is 9.82. The van der Waals surface area contributed by atoms with E-state index < -0.39 is 17.5 Å². The first-order valence-electron chi connectivity index (χ1n) is 5.57. The number of carboxylic acids is 1. The summed E-state index contributed by atoms with van der Waals surface area (Å²) < 4.78 is 0. The average Bonchev–Trinajstić information content (AvgIpc) is 2.83. The summed E-state index contributed by atoms with van der Waals surface area (Å²) in [6.45, 7) is 1.55. The maximum absolute atomic E-state index is 11.5. The van der Waals surface area contributed by atoms with Crippen molar-refractivity contribution in [3.8, 4) is 0 Å². The number of hydrogen-bond donors (Lipinski definition) is 2. The molecule has 2 atom stereocenters. The van der Waals surface area contributed by atoms with Crippen LogP contribution < -0.4 is 0 Å². The Bertz CT molecular complexity index is 517. The van der Waals surface area contributed by atoms with Gasteiger partial charge in [0.2, 0.25) is 0 Å². The molecule has 0 saturated carbocycles. The predicted molar refractivity (Wildman–Crippen MR) is 70.7 cm³/mol. The largest absolute Gasteiger partial charge is 0.481 e. The number of aliphatic carboxylic acids is 1. The second kappa shape index (κ2) is 4.92. The molecule has 2 N–H and O–H groups in total. The summed E-state index contributed by atoms with van der Waals surface area (Å²) >= 11 is 1.36. The summed E-state index contributed by atoms with van der Waals surface area (Å²) in [7, 11) is 0. The SMILES string of the molecule is C[C@](O)(c1cccs1)[C@H](C(=O)O)c1ccccc1. The van der Waals surface area contributed by atoms with Gasteiger partial charge in [-0.25, -0.2) is 0 Å². The van der Waals surface area contributed by atoms with Crippen LogP contribution in [0.3, 0.4) is 0 Å². The van der Waals surface area contributed by atoms with Crippen molar-refractivity contribution in [3.05, 3.63) is 58.3 Å². The van der Waals surface area contributed by atoms with Crippen molar-refractivity contribution >= 4 is 17.3 Å². The zero-order valence-corrected chi connectivity index (χ0v) is 10.7. The van der Waals surface area contributed by atoms with Crippen molar-refractivity contribution in [2.75, 3.05) is 0 Å². The van der Waals surface area contributed by atoms with Crippen LogP contribution in [0.1, 0.15) is 23.3 Å². The molecule has 1 aromatic heterocycles.